The third-order valence-electron chi connectivity index (χ3n) is 4.15. The lowest BCUT2D eigenvalue weighted by Gasteiger charge is -2.16. The summed E-state index contributed by atoms with van der Waals surface area (Å²) in [7, 11) is 0. The molecule has 3 nitrogen and oxygen atoms in total. The minimum Gasteiger partial charge on any atom is -0.462 e. The molecule has 1 saturated heterocycles. The Balaban J connectivity index is 0.00000208. The molecule has 0 spiro atoms. The van der Waals surface area contributed by atoms with Crippen LogP contribution in [0.2, 0.25) is 5.02 Å². The fraction of sp³-hybridized carbons (Fsp3) is 0.316. The lowest BCUT2D eigenvalue weighted by Crippen LogP contribution is -2.22. The van der Waals surface area contributed by atoms with Crippen LogP contribution < -0.4 is 0 Å². The van der Waals surface area contributed by atoms with E-state index in [0.29, 0.717) is 23.1 Å². The normalized spacial score (nSPS) is 17.3. The van der Waals surface area contributed by atoms with Crippen LogP contribution in [0, 0.1) is 5.92 Å². The Labute approximate surface area is 154 Å². The van der Waals surface area contributed by atoms with E-state index in [1.165, 1.54) is 5.56 Å². The van der Waals surface area contributed by atoms with Gasteiger partial charge in [0, 0.05) is 24.0 Å². The zero-order chi connectivity index (χ0) is 16.1. The van der Waals surface area contributed by atoms with Crippen LogP contribution in [-0.2, 0) is 11.3 Å². The van der Waals surface area contributed by atoms with Gasteiger partial charge in [0.25, 0.3) is 0 Å². The molecule has 1 heterocycles. The van der Waals surface area contributed by atoms with Crippen LogP contribution in [0.4, 0.5) is 0 Å². The molecule has 24 heavy (non-hydrogen) atoms. The Morgan fingerprint density at radius 1 is 1.12 bits per heavy atom. The first-order valence-electron chi connectivity index (χ1n) is 7.89. The third kappa shape index (κ3) is 5.23. The molecular formula is C19H21Cl2NO2. The van der Waals surface area contributed by atoms with E-state index in [0.717, 1.165) is 26.1 Å². The van der Waals surface area contributed by atoms with E-state index in [2.05, 4.69) is 29.2 Å². The average molecular weight is 366 g/mol. The highest BCUT2D eigenvalue weighted by Crippen LogP contribution is 2.19. The second-order valence-electron chi connectivity index (χ2n) is 5.98. The fourth-order valence-electron chi connectivity index (χ4n) is 2.90. The SMILES string of the molecule is Cl.O=C(OCC1CCN(Cc2ccccc2)C1)c1ccc(Cl)cc1. The van der Waals surface area contributed by atoms with E-state index < -0.39 is 0 Å². The van der Waals surface area contributed by atoms with Gasteiger partial charge in [-0.2, -0.15) is 0 Å². The van der Waals surface area contributed by atoms with E-state index in [9.17, 15) is 4.79 Å². The molecule has 5 heteroatoms. The molecule has 3 rings (SSSR count). The molecule has 2 aromatic carbocycles. The topological polar surface area (TPSA) is 29.5 Å². The second-order valence-corrected chi connectivity index (χ2v) is 6.42. The van der Waals surface area contributed by atoms with Gasteiger partial charge in [-0.1, -0.05) is 41.9 Å². The number of halogens is 2. The van der Waals surface area contributed by atoms with E-state index >= 15 is 0 Å². The molecular weight excluding hydrogens is 345 g/mol. The number of likely N-dealkylation sites (tertiary alicyclic amines) is 1. The average Bonchev–Trinajstić information content (AvgIpc) is 3.02. The molecule has 0 amide bonds. The van der Waals surface area contributed by atoms with Crippen molar-refractivity contribution < 1.29 is 9.53 Å². The van der Waals surface area contributed by atoms with Gasteiger partial charge in [0.05, 0.1) is 12.2 Å². The number of carbonyl (C=O) groups is 1. The molecule has 0 bridgehead atoms. The van der Waals surface area contributed by atoms with Gasteiger partial charge in [-0.05, 0) is 42.8 Å². The van der Waals surface area contributed by atoms with Crippen LogP contribution in [0.15, 0.2) is 54.6 Å². The molecule has 1 aliphatic heterocycles. The summed E-state index contributed by atoms with van der Waals surface area (Å²) in [6.45, 7) is 3.47. The molecule has 0 N–H and O–H groups in total. The number of rotatable bonds is 5. The standard InChI is InChI=1S/C19H20ClNO2.ClH/c20-18-8-6-17(7-9-18)19(22)23-14-16-10-11-21(13-16)12-15-4-2-1-3-5-15;/h1-9,16H,10-14H2;1H. The number of carbonyl (C=O) groups excluding carboxylic acids is 1. The van der Waals surface area contributed by atoms with Gasteiger partial charge in [-0.25, -0.2) is 4.79 Å². The molecule has 1 aliphatic rings. The minimum absolute atomic E-state index is 0. The predicted molar refractivity (Wildman–Crippen MR) is 98.8 cm³/mol. The van der Waals surface area contributed by atoms with Gasteiger partial charge in [0.2, 0.25) is 0 Å². The van der Waals surface area contributed by atoms with Crippen molar-refractivity contribution in [2.24, 2.45) is 5.92 Å². The molecule has 2 aromatic rings. The van der Waals surface area contributed by atoms with Gasteiger partial charge >= 0.3 is 5.97 Å². The van der Waals surface area contributed by atoms with Gasteiger partial charge in [0.15, 0.2) is 0 Å². The monoisotopic (exact) mass is 365 g/mol. The quantitative estimate of drug-likeness (QED) is 0.733. The highest BCUT2D eigenvalue weighted by atomic mass is 35.5. The first kappa shape index (κ1) is 18.8. The van der Waals surface area contributed by atoms with Crippen LogP contribution in [0.25, 0.3) is 0 Å². The van der Waals surface area contributed by atoms with Crippen LogP contribution in [0.5, 0.6) is 0 Å². The predicted octanol–water partition coefficient (Wildman–Crippen LogP) is 4.44. The molecule has 0 aliphatic carbocycles. The minimum atomic E-state index is -0.275. The molecule has 1 unspecified atom stereocenters. The zero-order valence-corrected chi connectivity index (χ0v) is 14.9. The van der Waals surface area contributed by atoms with Crippen molar-refractivity contribution in [3.05, 3.63) is 70.7 Å². The number of hydrogen-bond acceptors (Lipinski definition) is 3. The smallest absolute Gasteiger partial charge is 0.338 e. The molecule has 128 valence electrons. The number of nitrogens with zero attached hydrogens (tertiary/aromatic N) is 1. The maximum atomic E-state index is 12.0. The van der Waals surface area contributed by atoms with E-state index in [1.54, 1.807) is 24.3 Å². The molecule has 0 saturated carbocycles. The van der Waals surface area contributed by atoms with Crippen molar-refractivity contribution in [3.63, 3.8) is 0 Å². The van der Waals surface area contributed by atoms with Crippen molar-refractivity contribution in [2.45, 2.75) is 13.0 Å². The summed E-state index contributed by atoms with van der Waals surface area (Å²) in [5.41, 5.74) is 1.87. The summed E-state index contributed by atoms with van der Waals surface area (Å²) in [5.74, 6) is 0.137. The summed E-state index contributed by atoms with van der Waals surface area (Å²) in [5, 5.41) is 0.619. The maximum absolute atomic E-state index is 12.0. The van der Waals surface area contributed by atoms with E-state index in [-0.39, 0.29) is 18.4 Å². The van der Waals surface area contributed by atoms with Crippen molar-refractivity contribution in [2.75, 3.05) is 19.7 Å². The summed E-state index contributed by atoms with van der Waals surface area (Å²) in [6.07, 6.45) is 1.07. The van der Waals surface area contributed by atoms with Gasteiger partial charge in [-0.15, -0.1) is 12.4 Å². The molecule has 0 radical (unpaired) electrons. The Bertz CT molecular complexity index is 646. The lowest BCUT2D eigenvalue weighted by molar-refractivity contribution is 0.0443. The highest BCUT2D eigenvalue weighted by molar-refractivity contribution is 6.30. The second kappa shape index (κ2) is 9.07. The van der Waals surface area contributed by atoms with Gasteiger partial charge in [0.1, 0.15) is 0 Å². The van der Waals surface area contributed by atoms with E-state index in [4.69, 9.17) is 16.3 Å². The zero-order valence-electron chi connectivity index (χ0n) is 13.4. The molecule has 1 fully saturated rings. The summed E-state index contributed by atoms with van der Waals surface area (Å²) < 4.78 is 5.44. The summed E-state index contributed by atoms with van der Waals surface area (Å²) in [4.78, 5) is 14.4. The first-order valence-corrected chi connectivity index (χ1v) is 8.27. The molecule has 1 atom stereocenters. The van der Waals surface area contributed by atoms with Gasteiger partial charge < -0.3 is 4.74 Å². The number of benzene rings is 2. The highest BCUT2D eigenvalue weighted by Gasteiger charge is 2.23. The summed E-state index contributed by atoms with van der Waals surface area (Å²) >= 11 is 5.82. The number of hydrogen-bond donors (Lipinski definition) is 0. The van der Waals surface area contributed by atoms with Crippen LogP contribution in [0.1, 0.15) is 22.3 Å². The largest absolute Gasteiger partial charge is 0.462 e. The number of esters is 1. The van der Waals surface area contributed by atoms with Crippen LogP contribution in [0.3, 0.4) is 0 Å². The van der Waals surface area contributed by atoms with E-state index in [1.807, 2.05) is 6.07 Å². The Hall–Kier alpha value is -1.55. The van der Waals surface area contributed by atoms with Crippen LogP contribution >= 0.6 is 24.0 Å². The third-order valence-corrected chi connectivity index (χ3v) is 4.40. The molecule has 0 aromatic heterocycles. The van der Waals surface area contributed by atoms with Crippen LogP contribution in [-0.4, -0.2) is 30.6 Å². The summed E-state index contributed by atoms with van der Waals surface area (Å²) in [6, 6.07) is 17.3. The fourth-order valence-corrected chi connectivity index (χ4v) is 3.02. The first-order chi connectivity index (χ1) is 11.2. The van der Waals surface area contributed by atoms with Crippen molar-refractivity contribution in [3.8, 4) is 0 Å². The Morgan fingerprint density at radius 2 is 1.83 bits per heavy atom. The van der Waals surface area contributed by atoms with Gasteiger partial charge in [-0.3, -0.25) is 4.90 Å². The Morgan fingerprint density at radius 3 is 2.54 bits per heavy atom. The van der Waals surface area contributed by atoms with Crippen molar-refractivity contribution >= 4 is 30.0 Å². The number of ether oxygens (including phenoxy) is 1. The van der Waals surface area contributed by atoms with Crippen molar-refractivity contribution in [1.29, 1.82) is 0 Å². The lowest BCUT2D eigenvalue weighted by atomic mass is 10.1. The Kier molecular flexibility index (Phi) is 7.10. The maximum Gasteiger partial charge on any atom is 0.338 e. The van der Waals surface area contributed by atoms with Crippen molar-refractivity contribution in [1.82, 2.24) is 4.90 Å².